The molecule has 0 saturated heterocycles. The maximum absolute atomic E-state index is 5.69. The van der Waals surface area contributed by atoms with E-state index < -0.39 is 0 Å². The van der Waals surface area contributed by atoms with Crippen LogP contribution in [0.1, 0.15) is 53.0 Å². The van der Waals surface area contributed by atoms with E-state index in [-0.39, 0.29) is 11.5 Å². The fraction of sp³-hybridized carbons (Fsp3) is 0.846. The van der Waals surface area contributed by atoms with E-state index in [1.54, 1.807) is 0 Å². The summed E-state index contributed by atoms with van der Waals surface area (Å²) in [6.45, 7) is 12.6. The van der Waals surface area contributed by atoms with Crippen LogP contribution in [0.25, 0.3) is 0 Å². The molecule has 1 atom stereocenters. The average Bonchev–Trinajstić information content (AvgIpc) is 2.72. The summed E-state index contributed by atoms with van der Waals surface area (Å²) < 4.78 is 5.69. The van der Waals surface area contributed by atoms with Crippen molar-refractivity contribution in [2.75, 3.05) is 25.0 Å². The molecule has 1 rings (SSSR count). The molecule has 0 aliphatic heterocycles. The SMILES string of the molecule is CCCNC(C)c1nnc(N(C)CC(C)(C)C)o1. The van der Waals surface area contributed by atoms with Gasteiger partial charge in [0.2, 0.25) is 5.89 Å². The van der Waals surface area contributed by atoms with E-state index in [1.807, 2.05) is 18.9 Å². The standard InChI is InChI=1S/C13H26N4O/c1-7-8-14-10(2)11-15-16-12(18-11)17(6)9-13(3,4)5/h10,14H,7-9H2,1-6H3. The van der Waals surface area contributed by atoms with Gasteiger partial charge in [0.1, 0.15) is 0 Å². The Balaban J connectivity index is 2.62. The van der Waals surface area contributed by atoms with E-state index in [0.717, 1.165) is 19.5 Å². The van der Waals surface area contributed by atoms with Crippen molar-refractivity contribution in [1.82, 2.24) is 15.5 Å². The van der Waals surface area contributed by atoms with Gasteiger partial charge in [0.25, 0.3) is 0 Å². The maximum atomic E-state index is 5.69. The summed E-state index contributed by atoms with van der Waals surface area (Å²) in [6, 6.07) is 0.694. The van der Waals surface area contributed by atoms with E-state index in [1.165, 1.54) is 0 Å². The van der Waals surface area contributed by atoms with Crippen molar-refractivity contribution in [3.63, 3.8) is 0 Å². The molecule has 0 aliphatic rings. The Hall–Kier alpha value is -1.10. The van der Waals surface area contributed by atoms with Crippen LogP contribution in [-0.4, -0.2) is 30.3 Å². The quantitative estimate of drug-likeness (QED) is 0.845. The molecule has 104 valence electrons. The van der Waals surface area contributed by atoms with Gasteiger partial charge in [-0.15, -0.1) is 5.10 Å². The topological polar surface area (TPSA) is 54.2 Å². The van der Waals surface area contributed by atoms with Crippen LogP contribution in [0, 0.1) is 5.41 Å². The highest BCUT2D eigenvalue weighted by atomic mass is 16.4. The number of nitrogens with zero attached hydrogens (tertiary/aromatic N) is 3. The predicted molar refractivity (Wildman–Crippen MR) is 73.7 cm³/mol. The van der Waals surface area contributed by atoms with Crippen LogP contribution in [0.4, 0.5) is 6.01 Å². The molecule has 5 heteroatoms. The molecular formula is C13H26N4O. The van der Waals surface area contributed by atoms with Crippen molar-refractivity contribution in [3.8, 4) is 0 Å². The molecule has 0 amide bonds. The molecule has 0 radical (unpaired) electrons. The van der Waals surface area contributed by atoms with E-state index in [0.29, 0.717) is 11.9 Å². The molecule has 1 unspecified atom stereocenters. The Kier molecular flexibility index (Phi) is 5.14. The van der Waals surface area contributed by atoms with Gasteiger partial charge in [-0.25, -0.2) is 0 Å². The summed E-state index contributed by atoms with van der Waals surface area (Å²) in [5.41, 5.74) is 0.204. The zero-order chi connectivity index (χ0) is 13.8. The fourth-order valence-corrected chi connectivity index (χ4v) is 1.78. The molecule has 0 aliphatic carbocycles. The lowest BCUT2D eigenvalue weighted by molar-refractivity contribution is 0.385. The van der Waals surface area contributed by atoms with E-state index in [2.05, 4.69) is 43.2 Å². The van der Waals surface area contributed by atoms with Gasteiger partial charge in [0.05, 0.1) is 6.04 Å². The van der Waals surface area contributed by atoms with Crippen molar-refractivity contribution in [3.05, 3.63) is 5.89 Å². The molecule has 0 aromatic carbocycles. The van der Waals surface area contributed by atoms with Crippen LogP contribution in [-0.2, 0) is 0 Å². The molecular weight excluding hydrogens is 228 g/mol. The molecule has 18 heavy (non-hydrogen) atoms. The molecule has 5 nitrogen and oxygen atoms in total. The van der Waals surface area contributed by atoms with Gasteiger partial charge in [-0.3, -0.25) is 0 Å². The number of anilines is 1. The molecule has 0 saturated carbocycles. The Morgan fingerprint density at radius 3 is 2.56 bits per heavy atom. The first-order chi connectivity index (χ1) is 8.33. The van der Waals surface area contributed by atoms with Gasteiger partial charge in [0, 0.05) is 13.6 Å². The summed E-state index contributed by atoms with van der Waals surface area (Å²) in [4.78, 5) is 2.00. The van der Waals surface area contributed by atoms with Crippen molar-refractivity contribution in [1.29, 1.82) is 0 Å². The average molecular weight is 254 g/mol. The van der Waals surface area contributed by atoms with Gasteiger partial charge < -0.3 is 14.6 Å². The Morgan fingerprint density at radius 2 is 2.00 bits per heavy atom. The number of hydrogen-bond donors (Lipinski definition) is 1. The summed E-state index contributed by atoms with van der Waals surface area (Å²) >= 11 is 0. The van der Waals surface area contributed by atoms with Gasteiger partial charge >= 0.3 is 6.01 Å². The van der Waals surface area contributed by atoms with Gasteiger partial charge in [-0.1, -0.05) is 32.8 Å². The Bertz CT molecular complexity index is 356. The summed E-state index contributed by atoms with van der Waals surface area (Å²) in [5, 5.41) is 11.5. The minimum absolute atomic E-state index is 0.106. The Morgan fingerprint density at radius 1 is 1.33 bits per heavy atom. The second-order valence-electron chi connectivity index (χ2n) is 6.02. The van der Waals surface area contributed by atoms with Crippen LogP contribution in [0.5, 0.6) is 0 Å². The van der Waals surface area contributed by atoms with Crippen LogP contribution in [0.3, 0.4) is 0 Å². The minimum atomic E-state index is 0.106. The molecule has 1 aromatic heterocycles. The van der Waals surface area contributed by atoms with E-state index >= 15 is 0 Å². The molecule has 0 bridgehead atoms. The largest absolute Gasteiger partial charge is 0.406 e. The zero-order valence-corrected chi connectivity index (χ0v) is 12.4. The third-order valence-electron chi connectivity index (χ3n) is 2.54. The monoisotopic (exact) mass is 254 g/mol. The molecule has 0 spiro atoms. The number of hydrogen-bond acceptors (Lipinski definition) is 5. The third-order valence-corrected chi connectivity index (χ3v) is 2.54. The molecule has 1 aromatic rings. The van der Waals surface area contributed by atoms with Crippen LogP contribution in [0.15, 0.2) is 4.42 Å². The van der Waals surface area contributed by atoms with Crippen molar-refractivity contribution in [2.45, 2.75) is 47.1 Å². The normalized spacial score (nSPS) is 13.7. The van der Waals surface area contributed by atoms with E-state index in [4.69, 9.17) is 4.42 Å². The second-order valence-corrected chi connectivity index (χ2v) is 6.02. The number of nitrogens with one attached hydrogen (secondary N) is 1. The first-order valence-corrected chi connectivity index (χ1v) is 6.61. The van der Waals surface area contributed by atoms with Crippen LogP contribution in [0.2, 0.25) is 0 Å². The predicted octanol–water partition coefficient (Wildman–Crippen LogP) is 2.61. The summed E-state index contributed by atoms with van der Waals surface area (Å²) in [7, 11) is 1.98. The lowest BCUT2D eigenvalue weighted by Crippen LogP contribution is -2.29. The van der Waals surface area contributed by atoms with Gasteiger partial charge in [0.15, 0.2) is 0 Å². The highest BCUT2D eigenvalue weighted by molar-refractivity contribution is 5.22. The lowest BCUT2D eigenvalue weighted by atomic mass is 9.96. The lowest BCUT2D eigenvalue weighted by Gasteiger charge is -2.24. The minimum Gasteiger partial charge on any atom is -0.406 e. The molecule has 1 N–H and O–H groups in total. The van der Waals surface area contributed by atoms with Crippen molar-refractivity contribution < 1.29 is 4.42 Å². The van der Waals surface area contributed by atoms with Crippen molar-refractivity contribution in [2.24, 2.45) is 5.41 Å². The van der Waals surface area contributed by atoms with Crippen LogP contribution < -0.4 is 10.2 Å². The second kappa shape index (κ2) is 6.18. The highest BCUT2D eigenvalue weighted by Crippen LogP contribution is 2.21. The summed E-state index contributed by atoms with van der Waals surface area (Å²) in [5.74, 6) is 0.652. The Labute approximate surface area is 110 Å². The fourth-order valence-electron chi connectivity index (χ4n) is 1.78. The zero-order valence-electron chi connectivity index (χ0n) is 12.4. The molecule has 1 heterocycles. The van der Waals surface area contributed by atoms with Crippen LogP contribution >= 0.6 is 0 Å². The number of aromatic nitrogens is 2. The van der Waals surface area contributed by atoms with Gasteiger partial charge in [-0.05, 0) is 25.3 Å². The third kappa shape index (κ3) is 4.64. The van der Waals surface area contributed by atoms with E-state index in [9.17, 15) is 0 Å². The summed E-state index contributed by atoms with van der Waals surface area (Å²) in [6.07, 6.45) is 1.09. The maximum Gasteiger partial charge on any atom is 0.317 e. The first-order valence-electron chi connectivity index (χ1n) is 6.61. The smallest absolute Gasteiger partial charge is 0.317 e. The first kappa shape index (κ1) is 15.0. The highest BCUT2D eigenvalue weighted by Gasteiger charge is 2.19. The van der Waals surface area contributed by atoms with Crippen molar-refractivity contribution >= 4 is 6.01 Å². The van der Waals surface area contributed by atoms with Gasteiger partial charge in [-0.2, -0.15) is 0 Å². The number of rotatable bonds is 6. The molecule has 0 fully saturated rings.